The van der Waals surface area contributed by atoms with E-state index < -0.39 is 0 Å². The lowest BCUT2D eigenvalue weighted by molar-refractivity contribution is 0.130. The van der Waals surface area contributed by atoms with Gasteiger partial charge in [-0.2, -0.15) is 0 Å². The van der Waals surface area contributed by atoms with Gasteiger partial charge in [0.25, 0.3) is 0 Å². The van der Waals surface area contributed by atoms with E-state index in [4.69, 9.17) is 16.3 Å². The molecule has 86 valence electrons. The third-order valence-corrected chi connectivity index (χ3v) is 2.54. The summed E-state index contributed by atoms with van der Waals surface area (Å²) in [5, 5.41) is 0. The zero-order valence-corrected chi connectivity index (χ0v) is 10.3. The summed E-state index contributed by atoms with van der Waals surface area (Å²) in [6.45, 7) is 4.03. The standard InChI is InChI=1S/C12H25ClO/c1-2-11-14-12-9-7-5-3-4-6-8-10-13/h2-12H2,1H3. The number of unbranched alkanes of at least 4 members (excludes halogenated alkanes) is 6. The quantitative estimate of drug-likeness (QED) is 0.371. The molecule has 0 radical (unpaired) electrons. The van der Waals surface area contributed by atoms with Crippen molar-refractivity contribution in [3.05, 3.63) is 0 Å². The normalized spacial score (nSPS) is 10.7. The highest BCUT2D eigenvalue weighted by molar-refractivity contribution is 6.17. The van der Waals surface area contributed by atoms with E-state index in [1.807, 2.05) is 0 Å². The Balaban J connectivity index is 2.78. The summed E-state index contributed by atoms with van der Waals surface area (Å²) in [7, 11) is 0. The van der Waals surface area contributed by atoms with Crippen molar-refractivity contribution in [2.45, 2.75) is 58.3 Å². The molecule has 0 fully saturated rings. The van der Waals surface area contributed by atoms with Crippen molar-refractivity contribution >= 4 is 11.6 Å². The summed E-state index contributed by atoms with van der Waals surface area (Å²) in [5.74, 6) is 0.824. The number of ether oxygens (including phenoxy) is 1. The first-order chi connectivity index (χ1) is 6.91. The Morgan fingerprint density at radius 3 is 1.93 bits per heavy atom. The molecule has 0 bridgehead atoms. The summed E-state index contributed by atoms with van der Waals surface area (Å²) in [4.78, 5) is 0. The zero-order chi connectivity index (χ0) is 10.5. The molecule has 0 atom stereocenters. The summed E-state index contributed by atoms with van der Waals surface area (Å²) < 4.78 is 5.41. The van der Waals surface area contributed by atoms with Gasteiger partial charge in [-0.3, -0.25) is 0 Å². The molecule has 0 aromatic heterocycles. The third kappa shape index (κ3) is 12.2. The fraction of sp³-hybridized carbons (Fsp3) is 1.00. The Hall–Kier alpha value is 0.250. The molecule has 0 unspecified atom stereocenters. The second kappa shape index (κ2) is 13.2. The Kier molecular flexibility index (Phi) is 13.5. The Bertz CT molecular complexity index is 84.3. The van der Waals surface area contributed by atoms with Crippen LogP contribution in [0.2, 0.25) is 0 Å². The number of halogens is 1. The number of hydrogen-bond donors (Lipinski definition) is 0. The van der Waals surface area contributed by atoms with Crippen LogP contribution in [0, 0.1) is 0 Å². The number of rotatable bonds is 11. The Morgan fingerprint density at radius 2 is 1.36 bits per heavy atom. The van der Waals surface area contributed by atoms with Crippen LogP contribution in [-0.2, 0) is 4.74 Å². The second-order valence-corrected chi connectivity index (χ2v) is 4.15. The highest BCUT2D eigenvalue weighted by Gasteiger charge is 1.91. The van der Waals surface area contributed by atoms with Crippen molar-refractivity contribution in [1.29, 1.82) is 0 Å². The molecule has 0 aliphatic carbocycles. The molecule has 0 rings (SSSR count). The molecule has 0 amide bonds. The smallest absolute Gasteiger partial charge is 0.0466 e. The van der Waals surface area contributed by atoms with Crippen LogP contribution in [0.3, 0.4) is 0 Å². The van der Waals surface area contributed by atoms with E-state index >= 15 is 0 Å². The molecule has 0 aromatic carbocycles. The predicted molar refractivity (Wildman–Crippen MR) is 64.1 cm³/mol. The topological polar surface area (TPSA) is 9.23 Å². The van der Waals surface area contributed by atoms with Crippen LogP contribution in [-0.4, -0.2) is 19.1 Å². The molecule has 0 saturated carbocycles. The third-order valence-electron chi connectivity index (χ3n) is 2.27. The molecule has 0 aliphatic rings. The molecule has 1 nitrogen and oxygen atoms in total. The van der Waals surface area contributed by atoms with Crippen molar-refractivity contribution in [3.63, 3.8) is 0 Å². The minimum atomic E-state index is 0.824. The van der Waals surface area contributed by atoms with Gasteiger partial charge in [-0.25, -0.2) is 0 Å². The lowest BCUT2D eigenvalue weighted by atomic mass is 10.1. The maximum atomic E-state index is 5.60. The lowest BCUT2D eigenvalue weighted by Crippen LogP contribution is -1.95. The molecule has 2 heteroatoms. The van der Waals surface area contributed by atoms with Crippen LogP contribution < -0.4 is 0 Å². The SMILES string of the molecule is CCCOCCCCCCCCCCl. The average Bonchev–Trinajstić information content (AvgIpc) is 2.21. The first kappa shape index (κ1) is 14.2. The van der Waals surface area contributed by atoms with Gasteiger partial charge in [0.15, 0.2) is 0 Å². The minimum Gasteiger partial charge on any atom is -0.381 e. The molecule has 0 spiro atoms. The predicted octanol–water partition coefficient (Wildman–Crippen LogP) is 4.38. The molecule has 0 heterocycles. The minimum absolute atomic E-state index is 0.824. The van der Waals surface area contributed by atoms with Gasteiger partial charge in [-0.05, 0) is 19.3 Å². The van der Waals surface area contributed by atoms with E-state index in [1.54, 1.807) is 0 Å². The molecule has 14 heavy (non-hydrogen) atoms. The molecular weight excluding hydrogens is 196 g/mol. The van der Waals surface area contributed by atoms with Gasteiger partial charge in [0.05, 0.1) is 0 Å². The van der Waals surface area contributed by atoms with Crippen LogP contribution in [0.15, 0.2) is 0 Å². The van der Waals surface area contributed by atoms with Crippen molar-refractivity contribution in [3.8, 4) is 0 Å². The van der Waals surface area contributed by atoms with Crippen molar-refractivity contribution < 1.29 is 4.74 Å². The molecule has 0 saturated heterocycles. The largest absolute Gasteiger partial charge is 0.381 e. The molecule has 0 N–H and O–H groups in total. The second-order valence-electron chi connectivity index (χ2n) is 3.78. The van der Waals surface area contributed by atoms with Gasteiger partial charge in [0.2, 0.25) is 0 Å². The molecule has 0 aromatic rings. The maximum absolute atomic E-state index is 5.60. The van der Waals surface area contributed by atoms with E-state index in [0.717, 1.165) is 25.5 Å². The van der Waals surface area contributed by atoms with Crippen LogP contribution in [0.5, 0.6) is 0 Å². The number of hydrogen-bond acceptors (Lipinski definition) is 1. The van der Waals surface area contributed by atoms with E-state index in [2.05, 4.69) is 6.92 Å². The maximum Gasteiger partial charge on any atom is 0.0466 e. The Labute approximate surface area is 94.2 Å². The van der Waals surface area contributed by atoms with E-state index in [9.17, 15) is 0 Å². The van der Waals surface area contributed by atoms with Crippen LogP contribution >= 0.6 is 11.6 Å². The summed E-state index contributed by atoms with van der Waals surface area (Å²) in [6.07, 6.45) is 10.3. The fourth-order valence-electron chi connectivity index (χ4n) is 1.43. The van der Waals surface area contributed by atoms with Crippen LogP contribution in [0.4, 0.5) is 0 Å². The summed E-state index contributed by atoms with van der Waals surface area (Å²) >= 11 is 5.60. The van der Waals surface area contributed by atoms with E-state index in [0.29, 0.717) is 0 Å². The highest BCUT2D eigenvalue weighted by atomic mass is 35.5. The van der Waals surface area contributed by atoms with Gasteiger partial charge in [0, 0.05) is 19.1 Å². The average molecular weight is 221 g/mol. The van der Waals surface area contributed by atoms with Crippen molar-refractivity contribution in [2.24, 2.45) is 0 Å². The van der Waals surface area contributed by atoms with E-state index in [-0.39, 0.29) is 0 Å². The first-order valence-electron chi connectivity index (χ1n) is 6.05. The Morgan fingerprint density at radius 1 is 0.786 bits per heavy atom. The monoisotopic (exact) mass is 220 g/mol. The van der Waals surface area contributed by atoms with Gasteiger partial charge >= 0.3 is 0 Å². The zero-order valence-electron chi connectivity index (χ0n) is 9.56. The number of alkyl halides is 1. The van der Waals surface area contributed by atoms with Gasteiger partial charge in [-0.15, -0.1) is 11.6 Å². The van der Waals surface area contributed by atoms with Gasteiger partial charge < -0.3 is 4.74 Å². The van der Waals surface area contributed by atoms with Crippen LogP contribution in [0.1, 0.15) is 58.3 Å². The van der Waals surface area contributed by atoms with Crippen molar-refractivity contribution in [2.75, 3.05) is 19.1 Å². The van der Waals surface area contributed by atoms with Crippen molar-refractivity contribution in [1.82, 2.24) is 0 Å². The van der Waals surface area contributed by atoms with Gasteiger partial charge in [0.1, 0.15) is 0 Å². The molecular formula is C12H25ClO. The first-order valence-corrected chi connectivity index (χ1v) is 6.59. The lowest BCUT2D eigenvalue weighted by Gasteiger charge is -2.02. The van der Waals surface area contributed by atoms with Crippen LogP contribution in [0.25, 0.3) is 0 Å². The molecule has 0 aliphatic heterocycles. The van der Waals surface area contributed by atoms with Gasteiger partial charge in [-0.1, -0.05) is 39.0 Å². The summed E-state index contributed by atoms with van der Waals surface area (Å²) in [6, 6.07) is 0. The van der Waals surface area contributed by atoms with E-state index in [1.165, 1.54) is 44.9 Å². The summed E-state index contributed by atoms with van der Waals surface area (Å²) in [5.41, 5.74) is 0. The fourth-order valence-corrected chi connectivity index (χ4v) is 1.62. The highest BCUT2D eigenvalue weighted by Crippen LogP contribution is 2.07.